The molecule has 3 aromatic heterocycles. The van der Waals surface area contributed by atoms with Gasteiger partial charge in [0.1, 0.15) is 17.2 Å². The normalized spacial score (nSPS) is 10.6. The molecular formula is C21H17ClN6O2. The molecule has 0 atom stereocenters. The molecule has 0 unspecified atom stereocenters. The second kappa shape index (κ2) is 8.22. The quantitative estimate of drug-likeness (QED) is 0.508. The van der Waals surface area contributed by atoms with Crippen molar-refractivity contribution in [2.75, 3.05) is 18.2 Å². The molecule has 9 heteroatoms. The van der Waals surface area contributed by atoms with Crippen molar-refractivity contribution >= 4 is 29.1 Å². The smallest absolute Gasteiger partial charge is 0.262 e. The molecule has 0 saturated heterocycles. The minimum Gasteiger partial charge on any atom is -0.481 e. The third-order valence-corrected chi connectivity index (χ3v) is 4.63. The number of carbonyl (C=O) groups is 1. The minimum atomic E-state index is -0.419. The molecule has 4 rings (SSSR count). The Morgan fingerprint density at radius 3 is 2.60 bits per heavy atom. The van der Waals surface area contributed by atoms with Crippen molar-refractivity contribution < 1.29 is 9.53 Å². The SMILES string of the molecule is COc1ccc(-c2ccccc2-n2ncc(C(=O)Nc3ccc(Cl)cn3)c2N)cn1. The third kappa shape index (κ3) is 3.81. The van der Waals surface area contributed by atoms with E-state index in [2.05, 4.69) is 20.4 Å². The van der Waals surface area contributed by atoms with Gasteiger partial charge in [0.15, 0.2) is 0 Å². The maximum absolute atomic E-state index is 12.6. The number of aromatic nitrogens is 4. The molecule has 0 bridgehead atoms. The number of rotatable bonds is 5. The van der Waals surface area contributed by atoms with E-state index in [1.807, 2.05) is 30.3 Å². The minimum absolute atomic E-state index is 0.204. The number of nitrogens with zero attached hydrogens (tertiary/aromatic N) is 4. The summed E-state index contributed by atoms with van der Waals surface area (Å²) in [7, 11) is 1.56. The number of nitrogens with one attached hydrogen (secondary N) is 1. The predicted octanol–water partition coefficient (Wildman–Crippen LogP) is 3.83. The van der Waals surface area contributed by atoms with Crippen LogP contribution in [-0.2, 0) is 0 Å². The van der Waals surface area contributed by atoms with Gasteiger partial charge in [-0.05, 0) is 24.3 Å². The average Bonchev–Trinajstić information content (AvgIpc) is 3.16. The zero-order valence-corrected chi connectivity index (χ0v) is 16.7. The number of pyridine rings is 2. The fourth-order valence-corrected chi connectivity index (χ4v) is 3.03. The second-order valence-corrected chi connectivity index (χ2v) is 6.71. The lowest BCUT2D eigenvalue weighted by Gasteiger charge is -2.12. The van der Waals surface area contributed by atoms with Crippen molar-refractivity contribution in [3.63, 3.8) is 0 Å². The molecule has 4 aromatic rings. The number of benzene rings is 1. The Morgan fingerprint density at radius 2 is 1.90 bits per heavy atom. The van der Waals surface area contributed by atoms with Gasteiger partial charge in [-0.1, -0.05) is 29.8 Å². The summed E-state index contributed by atoms with van der Waals surface area (Å²) in [6.07, 6.45) is 4.57. The van der Waals surface area contributed by atoms with Crippen LogP contribution in [-0.4, -0.2) is 32.8 Å². The van der Waals surface area contributed by atoms with E-state index in [0.29, 0.717) is 22.4 Å². The van der Waals surface area contributed by atoms with E-state index in [4.69, 9.17) is 22.1 Å². The largest absolute Gasteiger partial charge is 0.481 e. The van der Waals surface area contributed by atoms with E-state index in [1.54, 1.807) is 31.5 Å². The molecular weight excluding hydrogens is 404 g/mol. The lowest BCUT2D eigenvalue weighted by molar-refractivity contribution is 0.102. The van der Waals surface area contributed by atoms with Crippen molar-refractivity contribution in [3.05, 3.63) is 77.7 Å². The maximum Gasteiger partial charge on any atom is 0.262 e. The molecule has 0 spiro atoms. The molecule has 1 amide bonds. The first-order valence-corrected chi connectivity index (χ1v) is 9.31. The Hall–Kier alpha value is -3.91. The molecule has 0 fully saturated rings. The van der Waals surface area contributed by atoms with Crippen molar-refractivity contribution in [2.45, 2.75) is 0 Å². The average molecular weight is 421 g/mol. The summed E-state index contributed by atoms with van der Waals surface area (Å²) < 4.78 is 6.64. The summed E-state index contributed by atoms with van der Waals surface area (Å²) in [4.78, 5) is 21.0. The van der Waals surface area contributed by atoms with Gasteiger partial charge in [-0.15, -0.1) is 0 Å². The topological polar surface area (TPSA) is 108 Å². The number of ether oxygens (including phenoxy) is 1. The molecule has 3 N–H and O–H groups in total. The van der Waals surface area contributed by atoms with Crippen LogP contribution in [0.1, 0.15) is 10.4 Å². The fraction of sp³-hybridized carbons (Fsp3) is 0.0476. The summed E-state index contributed by atoms with van der Waals surface area (Å²) in [5.41, 5.74) is 8.93. The number of halogens is 1. The van der Waals surface area contributed by atoms with Crippen molar-refractivity contribution in [3.8, 4) is 22.7 Å². The Morgan fingerprint density at radius 1 is 1.07 bits per heavy atom. The molecule has 0 aliphatic rings. The first-order valence-electron chi connectivity index (χ1n) is 8.93. The summed E-state index contributed by atoms with van der Waals surface area (Å²) in [5, 5.41) is 7.49. The van der Waals surface area contributed by atoms with Crippen LogP contribution in [0.2, 0.25) is 5.02 Å². The van der Waals surface area contributed by atoms with E-state index in [9.17, 15) is 4.79 Å². The van der Waals surface area contributed by atoms with Crippen LogP contribution < -0.4 is 15.8 Å². The number of para-hydroxylation sites is 1. The van der Waals surface area contributed by atoms with E-state index >= 15 is 0 Å². The molecule has 8 nitrogen and oxygen atoms in total. The van der Waals surface area contributed by atoms with E-state index in [1.165, 1.54) is 17.1 Å². The Kier molecular flexibility index (Phi) is 5.32. The highest BCUT2D eigenvalue weighted by atomic mass is 35.5. The number of hydrogen-bond acceptors (Lipinski definition) is 6. The van der Waals surface area contributed by atoms with Crippen LogP contribution >= 0.6 is 11.6 Å². The second-order valence-electron chi connectivity index (χ2n) is 6.28. The number of nitrogen functional groups attached to an aromatic ring is 1. The summed E-state index contributed by atoms with van der Waals surface area (Å²) in [6, 6.07) is 14.5. The summed E-state index contributed by atoms with van der Waals surface area (Å²) in [5.74, 6) is 0.665. The number of nitrogens with two attached hydrogens (primary N) is 1. The Labute approximate surface area is 177 Å². The summed E-state index contributed by atoms with van der Waals surface area (Å²) >= 11 is 5.82. The molecule has 150 valence electrons. The van der Waals surface area contributed by atoms with Gasteiger partial charge in [-0.3, -0.25) is 4.79 Å². The number of methoxy groups -OCH3 is 1. The number of amides is 1. The van der Waals surface area contributed by atoms with Crippen LogP contribution in [0.3, 0.4) is 0 Å². The first kappa shape index (κ1) is 19.4. The monoisotopic (exact) mass is 420 g/mol. The van der Waals surface area contributed by atoms with Crippen LogP contribution in [0.15, 0.2) is 67.1 Å². The van der Waals surface area contributed by atoms with E-state index < -0.39 is 5.91 Å². The zero-order chi connectivity index (χ0) is 21.1. The Balaban J connectivity index is 1.67. The van der Waals surface area contributed by atoms with Gasteiger partial charge in [0.25, 0.3) is 5.91 Å². The van der Waals surface area contributed by atoms with Crippen LogP contribution in [0.4, 0.5) is 11.6 Å². The number of carbonyl (C=O) groups excluding carboxylic acids is 1. The first-order chi connectivity index (χ1) is 14.6. The molecule has 0 aliphatic carbocycles. The van der Waals surface area contributed by atoms with E-state index in [0.717, 1.165) is 11.1 Å². The fourth-order valence-electron chi connectivity index (χ4n) is 2.92. The van der Waals surface area contributed by atoms with Crippen molar-refractivity contribution in [2.24, 2.45) is 0 Å². The third-order valence-electron chi connectivity index (χ3n) is 4.41. The van der Waals surface area contributed by atoms with Gasteiger partial charge < -0.3 is 15.8 Å². The molecule has 0 radical (unpaired) electrons. The molecule has 3 heterocycles. The molecule has 0 aliphatic heterocycles. The van der Waals surface area contributed by atoms with Gasteiger partial charge in [0.05, 0.1) is 24.0 Å². The molecule has 30 heavy (non-hydrogen) atoms. The van der Waals surface area contributed by atoms with Crippen LogP contribution in [0.5, 0.6) is 5.88 Å². The Bertz CT molecular complexity index is 1190. The number of anilines is 2. The van der Waals surface area contributed by atoms with Gasteiger partial charge in [0, 0.05) is 29.6 Å². The van der Waals surface area contributed by atoms with E-state index in [-0.39, 0.29) is 11.4 Å². The molecule has 0 saturated carbocycles. The number of hydrogen-bond donors (Lipinski definition) is 2. The van der Waals surface area contributed by atoms with Gasteiger partial charge >= 0.3 is 0 Å². The lowest BCUT2D eigenvalue weighted by Crippen LogP contribution is -2.15. The highest BCUT2D eigenvalue weighted by Gasteiger charge is 2.18. The summed E-state index contributed by atoms with van der Waals surface area (Å²) in [6.45, 7) is 0. The molecule has 1 aromatic carbocycles. The maximum atomic E-state index is 12.6. The highest BCUT2D eigenvalue weighted by molar-refractivity contribution is 6.30. The van der Waals surface area contributed by atoms with Gasteiger partial charge in [0.2, 0.25) is 5.88 Å². The lowest BCUT2D eigenvalue weighted by atomic mass is 10.1. The van der Waals surface area contributed by atoms with Gasteiger partial charge in [-0.25, -0.2) is 14.6 Å². The van der Waals surface area contributed by atoms with Crippen LogP contribution in [0, 0.1) is 0 Å². The zero-order valence-electron chi connectivity index (χ0n) is 15.9. The predicted molar refractivity (Wildman–Crippen MR) is 115 cm³/mol. The van der Waals surface area contributed by atoms with Crippen molar-refractivity contribution in [1.29, 1.82) is 0 Å². The standard InChI is InChI=1S/C21H17ClN6O2/c1-30-19-9-6-13(10-25-19)15-4-2-3-5-17(15)28-20(23)16(12-26-28)21(29)27-18-8-7-14(22)11-24-18/h2-12H,23H2,1H3,(H,24,27,29). The van der Waals surface area contributed by atoms with Crippen LogP contribution in [0.25, 0.3) is 16.8 Å². The highest BCUT2D eigenvalue weighted by Crippen LogP contribution is 2.29. The van der Waals surface area contributed by atoms with Crippen molar-refractivity contribution in [1.82, 2.24) is 19.7 Å². The van der Waals surface area contributed by atoms with Gasteiger partial charge in [-0.2, -0.15) is 5.10 Å².